The quantitative estimate of drug-likeness (QED) is 0.681. The zero-order valence-corrected chi connectivity index (χ0v) is 16.6. The minimum atomic E-state index is -3.43. The Bertz CT molecular complexity index is 1090. The van der Waals surface area contributed by atoms with E-state index in [1.165, 1.54) is 17.4 Å². The van der Waals surface area contributed by atoms with Crippen LogP contribution in [-0.4, -0.2) is 30.8 Å². The van der Waals surface area contributed by atoms with Gasteiger partial charge in [-0.1, -0.05) is 47.2 Å². The molecule has 0 radical (unpaired) electrons. The molecule has 0 aliphatic rings. The molecule has 1 aromatic heterocycles. The van der Waals surface area contributed by atoms with E-state index in [2.05, 4.69) is 20.2 Å². The van der Waals surface area contributed by atoms with E-state index in [9.17, 15) is 13.2 Å². The van der Waals surface area contributed by atoms with Gasteiger partial charge in [0.05, 0.1) is 11.9 Å². The number of carbonyl (C=O) groups is 1. The Morgan fingerprint density at radius 2 is 1.74 bits per heavy atom. The number of aromatic nitrogens is 2. The average Bonchev–Trinajstić information content (AvgIpc) is 3.04. The van der Waals surface area contributed by atoms with Crippen molar-refractivity contribution in [3.05, 3.63) is 59.2 Å². The van der Waals surface area contributed by atoms with E-state index in [-0.39, 0.29) is 0 Å². The predicted molar refractivity (Wildman–Crippen MR) is 108 cm³/mol. The van der Waals surface area contributed by atoms with E-state index in [1.807, 2.05) is 31.2 Å². The second-order valence-electron chi connectivity index (χ2n) is 6.14. The Balaban J connectivity index is 1.78. The number of nitrogens with one attached hydrogen (secondary N) is 2. The number of aryl methyl sites for hydroxylation is 2. The van der Waals surface area contributed by atoms with Crippen LogP contribution >= 0.6 is 11.3 Å². The molecule has 140 valence electrons. The second kappa shape index (κ2) is 7.45. The molecule has 0 bridgehead atoms. The molecule has 0 saturated carbocycles. The SMILES string of the molecule is Cc1ccc(-c2nnc(NC(=O)c3ccc(C)c(NS(C)(=O)=O)c3)s2)cc1. The lowest BCUT2D eigenvalue weighted by Gasteiger charge is -2.09. The van der Waals surface area contributed by atoms with Gasteiger partial charge in [0.15, 0.2) is 0 Å². The van der Waals surface area contributed by atoms with Gasteiger partial charge in [0.1, 0.15) is 5.01 Å². The predicted octanol–water partition coefficient (Wildman–Crippen LogP) is 3.45. The smallest absolute Gasteiger partial charge is 0.257 e. The maximum atomic E-state index is 12.5. The lowest BCUT2D eigenvalue weighted by molar-refractivity contribution is 0.102. The Hall–Kier alpha value is -2.78. The van der Waals surface area contributed by atoms with E-state index in [4.69, 9.17) is 0 Å². The third-order valence-electron chi connectivity index (χ3n) is 3.74. The first kappa shape index (κ1) is 19.0. The Kier molecular flexibility index (Phi) is 5.24. The first-order valence-electron chi connectivity index (χ1n) is 8.01. The lowest BCUT2D eigenvalue weighted by Crippen LogP contribution is -2.14. The topological polar surface area (TPSA) is 101 Å². The summed E-state index contributed by atoms with van der Waals surface area (Å²) >= 11 is 1.27. The third kappa shape index (κ3) is 4.89. The van der Waals surface area contributed by atoms with Gasteiger partial charge in [-0.15, -0.1) is 10.2 Å². The van der Waals surface area contributed by atoms with Crippen molar-refractivity contribution in [2.75, 3.05) is 16.3 Å². The number of amides is 1. The molecule has 0 fully saturated rings. The van der Waals surface area contributed by atoms with Gasteiger partial charge in [-0.05, 0) is 31.5 Å². The van der Waals surface area contributed by atoms with E-state index >= 15 is 0 Å². The summed E-state index contributed by atoms with van der Waals surface area (Å²) in [6, 6.07) is 12.7. The fraction of sp³-hybridized carbons (Fsp3) is 0.167. The van der Waals surface area contributed by atoms with Crippen LogP contribution in [0, 0.1) is 13.8 Å². The number of rotatable bonds is 5. The molecule has 2 N–H and O–H groups in total. The van der Waals surface area contributed by atoms with Gasteiger partial charge in [0.25, 0.3) is 5.91 Å². The second-order valence-corrected chi connectivity index (χ2v) is 8.86. The standard InChI is InChI=1S/C18H18N4O3S2/c1-11-4-7-13(8-5-11)17-20-21-18(26-17)19-16(23)14-9-6-12(2)15(10-14)22-27(3,24)25/h4-10,22H,1-3H3,(H,19,21,23). The molecule has 2 aromatic carbocycles. The summed E-state index contributed by atoms with van der Waals surface area (Å²) < 4.78 is 25.3. The van der Waals surface area contributed by atoms with Crippen molar-refractivity contribution >= 4 is 38.1 Å². The van der Waals surface area contributed by atoms with Gasteiger partial charge in [-0.3, -0.25) is 14.8 Å². The monoisotopic (exact) mass is 402 g/mol. The molecule has 0 saturated heterocycles. The maximum absolute atomic E-state index is 12.5. The van der Waals surface area contributed by atoms with Crippen LogP contribution in [0.5, 0.6) is 0 Å². The van der Waals surface area contributed by atoms with Crippen molar-refractivity contribution in [2.45, 2.75) is 13.8 Å². The van der Waals surface area contributed by atoms with Crippen LogP contribution in [0.2, 0.25) is 0 Å². The van der Waals surface area contributed by atoms with Crippen LogP contribution in [0.25, 0.3) is 10.6 Å². The molecule has 9 heteroatoms. The minimum absolute atomic E-state index is 0.318. The molecule has 27 heavy (non-hydrogen) atoms. The molecule has 1 heterocycles. The van der Waals surface area contributed by atoms with Crippen LogP contribution in [-0.2, 0) is 10.0 Å². The molecule has 3 aromatic rings. The maximum Gasteiger partial charge on any atom is 0.257 e. The summed E-state index contributed by atoms with van der Waals surface area (Å²) in [4.78, 5) is 12.5. The Morgan fingerprint density at radius 1 is 1.04 bits per heavy atom. The van der Waals surface area contributed by atoms with Gasteiger partial charge in [-0.25, -0.2) is 8.42 Å². The zero-order valence-electron chi connectivity index (χ0n) is 15.0. The first-order valence-corrected chi connectivity index (χ1v) is 10.7. The van der Waals surface area contributed by atoms with Crippen LogP contribution in [0.3, 0.4) is 0 Å². The molecule has 0 aliphatic heterocycles. The normalized spacial score (nSPS) is 11.2. The van der Waals surface area contributed by atoms with E-state index < -0.39 is 15.9 Å². The number of sulfonamides is 1. The van der Waals surface area contributed by atoms with Crippen LogP contribution < -0.4 is 10.0 Å². The highest BCUT2D eigenvalue weighted by atomic mass is 32.2. The molecule has 0 unspecified atom stereocenters. The fourth-order valence-corrected chi connectivity index (χ4v) is 3.69. The molecular formula is C18H18N4O3S2. The van der Waals surface area contributed by atoms with E-state index in [1.54, 1.807) is 19.1 Å². The van der Waals surface area contributed by atoms with E-state index in [0.717, 1.165) is 22.9 Å². The Labute approximate surface area is 161 Å². The zero-order chi connectivity index (χ0) is 19.6. The first-order chi connectivity index (χ1) is 12.7. The highest BCUT2D eigenvalue weighted by molar-refractivity contribution is 7.92. The lowest BCUT2D eigenvalue weighted by atomic mass is 10.1. The van der Waals surface area contributed by atoms with Crippen molar-refractivity contribution in [3.8, 4) is 10.6 Å². The highest BCUT2D eigenvalue weighted by Crippen LogP contribution is 2.27. The molecule has 0 spiro atoms. The molecule has 3 rings (SSSR count). The van der Waals surface area contributed by atoms with Gasteiger partial charge in [0, 0.05) is 11.1 Å². The number of carbonyl (C=O) groups excluding carboxylic acids is 1. The summed E-state index contributed by atoms with van der Waals surface area (Å²) in [5.74, 6) is -0.391. The summed E-state index contributed by atoms with van der Waals surface area (Å²) in [7, 11) is -3.43. The minimum Gasteiger partial charge on any atom is -0.296 e. The van der Waals surface area contributed by atoms with Crippen molar-refractivity contribution in [1.29, 1.82) is 0 Å². The van der Waals surface area contributed by atoms with Gasteiger partial charge >= 0.3 is 0 Å². The number of hydrogen-bond acceptors (Lipinski definition) is 6. The molecule has 0 aliphatic carbocycles. The number of hydrogen-bond donors (Lipinski definition) is 2. The highest BCUT2D eigenvalue weighted by Gasteiger charge is 2.14. The number of nitrogens with zero attached hydrogens (tertiary/aromatic N) is 2. The van der Waals surface area contributed by atoms with Crippen LogP contribution in [0.4, 0.5) is 10.8 Å². The fourth-order valence-electron chi connectivity index (χ4n) is 2.33. The van der Waals surface area contributed by atoms with Crippen molar-refractivity contribution < 1.29 is 13.2 Å². The Morgan fingerprint density at radius 3 is 2.41 bits per heavy atom. The summed E-state index contributed by atoms with van der Waals surface area (Å²) in [5, 5.41) is 11.9. The van der Waals surface area contributed by atoms with Crippen molar-refractivity contribution in [3.63, 3.8) is 0 Å². The van der Waals surface area contributed by atoms with Crippen molar-refractivity contribution in [2.24, 2.45) is 0 Å². The van der Waals surface area contributed by atoms with Crippen LogP contribution in [0.15, 0.2) is 42.5 Å². The third-order valence-corrected chi connectivity index (χ3v) is 5.22. The van der Waals surface area contributed by atoms with Crippen LogP contribution in [0.1, 0.15) is 21.5 Å². The number of benzene rings is 2. The van der Waals surface area contributed by atoms with Gasteiger partial charge in [-0.2, -0.15) is 0 Å². The summed E-state index contributed by atoms with van der Waals surface area (Å²) in [6.45, 7) is 3.76. The number of anilines is 2. The van der Waals surface area contributed by atoms with Gasteiger partial charge in [0.2, 0.25) is 15.2 Å². The average molecular weight is 403 g/mol. The summed E-state index contributed by atoms with van der Waals surface area (Å²) in [6.07, 6.45) is 1.06. The van der Waals surface area contributed by atoms with Crippen molar-refractivity contribution in [1.82, 2.24) is 10.2 Å². The molecule has 0 atom stereocenters. The molecule has 1 amide bonds. The van der Waals surface area contributed by atoms with Gasteiger partial charge < -0.3 is 0 Å². The largest absolute Gasteiger partial charge is 0.296 e. The molecular weight excluding hydrogens is 384 g/mol. The summed E-state index contributed by atoms with van der Waals surface area (Å²) in [5.41, 5.74) is 3.47. The van der Waals surface area contributed by atoms with E-state index in [0.29, 0.717) is 21.4 Å². The molecule has 7 nitrogen and oxygen atoms in total.